The SMILES string of the molecule is CC.Nc1cnc(N2CCCCC2)cc1C(=O)O. The molecule has 3 N–H and O–H groups in total. The zero-order valence-corrected chi connectivity index (χ0v) is 11.0. The van der Waals surface area contributed by atoms with E-state index in [9.17, 15) is 4.79 Å². The number of aromatic nitrogens is 1. The Morgan fingerprint density at radius 1 is 1.33 bits per heavy atom. The van der Waals surface area contributed by atoms with E-state index in [2.05, 4.69) is 9.88 Å². The molecule has 5 nitrogen and oxygen atoms in total. The predicted molar refractivity (Wildman–Crippen MR) is 73.0 cm³/mol. The van der Waals surface area contributed by atoms with E-state index < -0.39 is 5.97 Å². The predicted octanol–water partition coefficient (Wildman–Crippen LogP) is 2.38. The third kappa shape index (κ3) is 3.35. The van der Waals surface area contributed by atoms with Gasteiger partial charge in [0.25, 0.3) is 0 Å². The van der Waals surface area contributed by atoms with Gasteiger partial charge in [-0.1, -0.05) is 13.8 Å². The molecule has 1 aromatic rings. The van der Waals surface area contributed by atoms with Crippen LogP contribution in [0.4, 0.5) is 11.5 Å². The highest BCUT2D eigenvalue weighted by molar-refractivity contribution is 5.94. The first-order chi connectivity index (χ1) is 8.68. The van der Waals surface area contributed by atoms with E-state index in [0.29, 0.717) is 5.82 Å². The first-order valence-electron chi connectivity index (χ1n) is 6.42. The Balaban J connectivity index is 0.000000771. The van der Waals surface area contributed by atoms with Crippen molar-refractivity contribution in [3.05, 3.63) is 17.8 Å². The van der Waals surface area contributed by atoms with Crippen molar-refractivity contribution >= 4 is 17.5 Å². The van der Waals surface area contributed by atoms with Gasteiger partial charge in [-0.15, -0.1) is 0 Å². The largest absolute Gasteiger partial charge is 0.478 e. The van der Waals surface area contributed by atoms with E-state index in [1.54, 1.807) is 6.07 Å². The van der Waals surface area contributed by atoms with Gasteiger partial charge in [0, 0.05) is 13.1 Å². The van der Waals surface area contributed by atoms with E-state index >= 15 is 0 Å². The van der Waals surface area contributed by atoms with Crippen molar-refractivity contribution in [1.29, 1.82) is 0 Å². The number of piperidine rings is 1. The van der Waals surface area contributed by atoms with Gasteiger partial charge >= 0.3 is 5.97 Å². The fourth-order valence-corrected chi connectivity index (χ4v) is 1.94. The Morgan fingerprint density at radius 2 is 1.94 bits per heavy atom. The number of carboxylic acids is 1. The lowest BCUT2D eigenvalue weighted by atomic mass is 10.1. The maximum atomic E-state index is 10.9. The van der Waals surface area contributed by atoms with Gasteiger partial charge in [0.2, 0.25) is 0 Å². The molecule has 0 saturated carbocycles. The summed E-state index contributed by atoms with van der Waals surface area (Å²) < 4.78 is 0. The van der Waals surface area contributed by atoms with Crippen LogP contribution < -0.4 is 10.6 Å². The van der Waals surface area contributed by atoms with Gasteiger partial charge in [-0.3, -0.25) is 0 Å². The summed E-state index contributed by atoms with van der Waals surface area (Å²) in [5.74, 6) is -0.288. The smallest absolute Gasteiger partial charge is 0.337 e. The Hall–Kier alpha value is -1.78. The molecule has 0 atom stereocenters. The third-order valence-electron chi connectivity index (χ3n) is 2.83. The van der Waals surface area contributed by atoms with Crippen molar-refractivity contribution in [2.75, 3.05) is 23.7 Å². The molecule has 1 aliphatic rings. The van der Waals surface area contributed by atoms with Crippen molar-refractivity contribution in [2.24, 2.45) is 0 Å². The standard InChI is InChI=1S/C11H15N3O2.C2H6/c12-9-7-13-10(6-8(9)11(15)16)14-4-2-1-3-5-14;1-2/h6-7H,1-5,12H2,(H,15,16);1-2H3. The highest BCUT2D eigenvalue weighted by Crippen LogP contribution is 2.21. The molecule has 0 unspecified atom stereocenters. The fraction of sp³-hybridized carbons (Fsp3) is 0.538. The molecule has 2 rings (SSSR count). The maximum absolute atomic E-state index is 10.9. The zero-order valence-electron chi connectivity index (χ0n) is 11.0. The maximum Gasteiger partial charge on any atom is 0.337 e. The van der Waals surface area contributed by atoms with Crippen LogP contribution in [0.5, 0.6) is 0 Å². The molecule has 5 heteroatoms. The van der Waals surface area contributed by atoms with Crippen LogP contribution in [0, 0.1) is 0 Å². The van der Waals surface area contributed by atoms with Crippen LogP contribution in [0.15, 0.2) is 12.3 Å². The van der Waals surface area contributed by atoms with Crippen LogP contribution in [0.25, 0.3) is 0 Å². The lowest BCUT2D eigenvalue weighted by Crippen LogP contribution is -2.30. The molecular formula is C13H21N3O2. The summed E-state index contributed by atoms with van der Waals surface area (Å²) in [7, 11) is 0. The number of anilines is 2. The number of hydrogen-bond acceptors (Lipinski definition) is 4. The third-order valence-corrected chi connectivity index (χ3v) is 2.83. The highest BCUT2D eigenvalue weighted by Gasteiger charge is 2.15. The number of nitrogens with zero attached hydrogens (tertiary/aromatic N) is 2. The average Bonchev–Trinajstić information content (AvgIpc) is 2.42. The minimum absolute atomic E-state index is 0.135. The first-order valence-corrected chi connectivity index (χ1v) is 6.42. The average molecular weight is 251 g/mol. The van der Waals surface area contributed by atoms with E-state index in [0.717, 1.165) is 25.9 Å². The number of nitrogens with two attached hydrogens (primary N) is 1. The molecule has 1 fully saturated rings. The van der Waals surface area contributed by atoms with Crippen molar-refractivity contribution < 1.29 is 9.90 Å². The van der Waals surface area contributed by atoms with Gasteiger partial charge in [-0.05, 0) is 25.3 Å². The summed E-state index contributed by atoms with van der Waals surface area (Å²) in [5.41, 5.74) is 5.91. The lowest BCUT2D eigenvalue weighted by Gasteiger charge is -2.27. The van der Waals surface area contributed by atoms with E-state index in [4.69, 9.17) is 10.8 Å². The molecule has 0 aromatic carbocycles. The summed E-state index contributed by atoms with van der Waals surface area (Å²) >= 11 is 0. The van der Waals surface area contributed by atoms with Gasteiger partial charge in [0.1, 0.15) is 5.82 Å². The number of hydrogen-bond donors (Lipinski definition) is 2. The molecule has 1 saturated heterocycles. The lowest BCUT2D eigenvalue weighted by molar-refractivity contribution is 0.0698. The van der Waals surface area contributed by atoms with Crippen molar-refractivity contribution in [1.82, 2.24) is 4.98 Å². The quantitative estimate of drug-likeness (QED) is 0.843. The van der Waals surface area contributed by atoms with E-state index in [1.807, 2.05) is 13.8 Å². The summed E-state index contributed by atoms with van der Waals surface area (Å²) in [6, 6.07) is 1.56. The van der Waals surface area contributed by atoms with Crippen LogP contribution in [0.1, 0.15) is 43.5 Å². The van der Waals surface area contributed by atoms with Crippen LogP contribution in [-0.4, -0.2) is 29.1 Å². The number of rotatable bonds is 2. The summed E-state index contributed by atoms with van der Waals surface area (Å²) in [4.78, 5) is 17.2. The van der Waals surface area contributed by atoms with Crippen LogP contribution >= 0.6 is 0 Å². The van der Waals surface area contributed by atoms with Gasteiger partial charge in [-0.25, -0.2) is 9.78 Å². The first kappa shape index (κ1) is 14.3. The minimum Gasteiger partial charge on any atom is -0.478 e. The molecule has 1 aromatic heterocycles. The van der Waals surface area contributed by atoms with E-state index in [-0.39, 0.29) is 11.3 Å². The van der Waals surface area contributed by atoms with Crippen molar-refractivity contribution in [2.45, 2.75) is 33.1 Å². The Bertz CT molecular complexity index is 401. The number of nitrogen functional groups attached to an aromatic ring is 1. The molecule has 0 aliphatic carbocycles. The second-order valence-electron chi connectivity index (χ2n) is 3.98. The van der Waals surface area contributed by atoms with Crippen LogP contribution in [0.3, 0.4) is 0 Å². The molecule has 1 aliphatic heterocycles. The van der Waals surface area contributed by atoms with Gasteiger partial charge in [0.05, 0.1) is 17.4 Å². The van der Waals surface area contributed by atoms with Gasteiger partial charge in [-0.2, -0.15) is 0 Å². The number of carboxylic acid groups (broad SMARTS) is 1. The zero-order chi connectivity index (χ0) is 13.5. The summed E-state index contributed by atoms with van der Waals surface area (Å²) in [6.45, 7) is 5.88. The number of pyridine rings is 1. The van der Waals surface area contributed by atoms with Gasteiger partial charge in [0.15, 0.2) is 0 Å². The molecule has 0 radical (unpaired) electrons. The second-order valence-corrected chi connectivity index (χ2v) is 3.98. The fourth-order valence-electron chi connectivity index (χ4n) is 1.94. The molecule has 2 heterocycles. The Kier molecular flexibility index (Phi) is 5.42. The minimum atomic E-state index is -1.00. The number of carbonyl (C=O) groups is 1. The topological polar surface area (TPSA) is 79.5 Å². The number of aromatic carboxylic acids is 1. The van der Waals surface area contributed by atoms with Crippen LogP contribution in [0.2, 0.25) is 0 Å². The van der Waals surface area contributed by atoms with Crippen LogP contribution in [-0.2, 0) is 0 Å². The van der Waals surface area contributed by atoms with Crippen molar-refractivity contribution in [3.63, 3.8) is 0 Å². The second kappa shape index (κ2) is 6.83. The monoisotopic (exact) mass is 251 g/mol. The normalized spacial score (nSPS) is 14.7. The Labute approximate surface area is 108 Å². The highest BCUT2D eigenvalue weighted by atomic mass is 16.4. The van der Waals surface area contributed by atoms with E-state index in [1.165, 1.54) is 12.6 Å². The molecule has 0 bridgehead atoms. The molecule has 0 amide bonds. The Morgan fingerprint density at radius 3 is 2.50 bits per heavy atom. The molecule has 100 valence electrons. The molecule has 18 heavy (non-hydrogen) atoms. The molecular weight excluding hydrogens is 230 g/mol. The van der Waals surface area contributed by atoms with Crippen molar-refractivity contribution in [3.8, 4) is 0 Å². The summed E-state index contributed by atoms with van der Waals surface area (Å²) in [5, 5.41) is 8.96. The molecule has 0 spiro atoms. The summed E-state index contributed by atoms with van der Waals surface area (Å²) in [6.07, 6.45) is 4.92. The van der Waals surface area contributed by atoms with Gasteiger partial charge < -0.3 is 15.7 Å².